The zero-order chi connectivity index (χ0) is 18.2. The number of methoxy groups -OCH3 is 1. The number of amides is 1. The molecule has 134 valence electrons. The van der Waals surface area contributed by atoms with Gasteiger partial charge in [0.05, 0.1) is 19.8 Å². The first-order valence-electron chi connectivity index (χ1n) is 8.36. The van der Waals surface area contributed by atoms with Gasteiger partial charge in [-0.2, -0.15) is 0 Å². The van der Waals surface area contributed by atoms with Crippen LogP contribution in [0, 0.1) is 0 Å². The van der Waals surface area contributed by atoms with Gasteiger partial charge < -0.3 is 19.5 Å². The summed E-state index contributed by atoms with van der Waals surface area (Å²) in [6.45, 7) is 6.90. The fraction of sp³-hybridized carbons (Fsp3) is 0.350. The van der Waals surface area contributed by atoms with Gasteiger partial charge in [-0.05, 0) is 45.0 Å². The molecule has 1 N–H and O–H groups in total. The number of hydrogen-bond acceptors (Lipinski definition) is 4. The van der Waals surface area contributed by atoms with Crippen LogP contribution < -0.4 is 14.8 Å². The number of nitrogens with one attached hydrogen (secondary N) is 1. The van der Waals surface area contributed by atoms with Gasteiger partial charge in [0.25, 0.3) is 5.91 Å². The highest BCUT2D eigenvalue weighted by Crippen LogP contribution is 2.29. The van der Waals surface area contributed by atoms with Crippen LogP contribution >= 0.6 is 0 Å². The maximum absolute atomic E-state index is 12.6. The second-order valence-electron chi connectivity index (χ2n) is 5.78. The summed E-state index contributed by atoms with van der Waals surface area (Å²) in [6.07, 6.45) is 0.0269. The summed E-state index contributed by atoms with van der Waals surface area (Å²) in [5, 5.41) is 2.93. The molecule has 0 aliphatic rings. The molecule has 0 aromatic heterocycles. The predicted octanol–water partition coefficient (Wildman–Crippen LogP) is 4.27. The third-order valence-corrected chi connectivity index (χ3v) is 3.52. The van der Waals surface area contributed by atoms with E-state index < -0.39 is 0 Å². The van der Waals surface area contributed by atoms with Crippen molar-refractivity contribution in [3.05, 3.63) is 53.6 Å². The van der Waals surface area contributed by atoms with E-state index in [1.165, 1.54) is 0 Å². The summed E-state index contributed by atoms with van der Waals surface area (Å²) in [7, 11) is 1.56. The first-order chi connectivity index (χ1) is 12.0. The summed E-state index contributed by atoms with van der Waals surface area (Å²) < 4.78 is 16.5. The topological polar surface area (TPSA) is 56.8 Å². The molecule has 0 saturated heterocycles. The molecule has 2 rings (SSSR count). The van der Waals surface area contributed by atoms with E-state index in [-0.39, 0.29) is 12.0 Å². The average molecular weight is 343 g/mol. The van der Waals surface area contributed by atoms with E-state index >= 15 is 0 Å². The van der Waals surface area contributed by atoms with Crippen molar-refractivity contribution in [3.8, 4) is 11.5 Å². The first kappa shape index (κ1) is 18.8. The molecular formula is C20H25NO4. The average Bonchev–Trinajstić information content (AvgIpc) is 2.60. The van der Waals surface area contributed by atoms with Gasteiger partial charge in [0, 0.05) is 23.4 Å². The van der Waals surface area contributed by atoms with Gasteiger partial charge in [0.2, 0.25) is 0 Å². The molecule has 0 atom stereocenters. The fourth-order valence-corrected chi connectivity index (χ4v) is 2.33. The molecule has 5 heteroatoms. The summed E-state index contributed by atoms with van der Waals surface area (Å²) in [4.78, 5) is 12.6. The zero-order valence-corrected chi connectivity index (χ0v) is 15.2. The molecule has 2 aromatic rings. The van der Waals surface area contributed by atoms with E-state index in [9.17, 15) is 4.79 Å². The molecule has 0 spiro atoms. The van der Waals surface area contributed by atoms with Crippen LogP contribution in [0.2, 0.25) is 0 Å². The molecule has 1 amide bonds. The largest absolute Gasteiger partial charge is 0.493 e. The van der Waals surface area contributed by atoms with E-state index in [1.54, 1.807) is 25.3 Å². The monoisotopic (exact) mass is 343 g/mol. The minimum Gasteiger partial charge on any atom is -0.493 e. The number of anilines is 1. The predicted molar refractivity (Wildman–Crippen MR) is 98.5 cm³/mol. The molecule has 0 heterocycles. The minimum absolute atomic E-state index is 0.0269. The molecule has 5 nitrogen and oxygen atoms in total. The van der Waals surface area contributed by atoms with Gasteiger partial charge in [-0.1, -0.05) is 18.2 Å². The lowest BCUT2D eigenvalue weighted by molar-refractivity contribution is 0.102. The van der Waals surface area contributed by atoms with Crippen molar-refractivity contribution in [1.82, 2.24) is 0 Å². The van der Waals surface area contributed by atoms with Crippen LogP contribution in [0.4, 0.5) is 5.69 Å². The Bertz CT molecular complexity index is 713. The highest BCUT2D eigenvalue weighted by molar-refractivity contribution is 6.05. The molecule has 2 aromatic carbocycles. The summed E-state index contributed by atoms with van der Waals surface area (Å²) in [6, 6.07) is 12.8. The Morgan fingerprint density at radius 2 is 1.88 bits per heavy atom. The van der Waals surface area contributed by atoms with Crippen molar-refractivity contribution in [2.24, 2.45) is 0 Å². The SMILES string of the molecule is CCOCc1ccccc1NC(=O)c1ccc(OC(C)C)c(OC)c1. The normalized spacial score (nSPS) is 10.6. The van der Waals surface area contributed by atoms with Gasteiger partial charge in [-0.3, -0.25) is 4.79 Å². The third kappa shape index (κ3) is 5.22. The molecule has 0 unspecified atom stereocenters. The third-order valence-electron chi connectivity index (χ3n) is 3.52. The van der Waals surface area contributed by atoms with Crippen molar-refractivity contribution in [2.75, 3.05) is 19.0 Å². The highest BCUT2D eigenvalue weighted by atomic mass is 16.5. The van der Waals surface area contributed by atoms with E-state index in [0.717, 1.165) is 11.3 Å². The number of para-hydroxylation sites is 1. The summed E-state index contributed by atoms with van der Waals surface area (Å²) in [5.74, 6) is 0.938. The molecule has 0 bridgehead atoms. The Labute approximate surface area is 148 Å². The Balaban J connectivity index is 2.18. The van der Waals surface area contributed by atoms with Crippen molar-refractivity contribution in [1.29, 1.82) is 0 Å². The van der Waals surface area contributed by atoms with Crippen LogP contribution in [0.5, 0.6) is 11.5 Å². The molecule has 0 saturated carbocycles. The molecule has 0 aliphatic carbocycles. The zero-order valence-electron chi connectivity index (χ0n) is 15.2. The summed E-state index contributed by atoms with van der Waals surface area (Å²) in [5.41, 5.74) is 2.17. The van der Waals surface area contributed by atoms with Gasteiger partial charge in [-0.25, -0.2) is 0 Å². The van der Waals surface area contributed by atoms with Crippen LogP contribution in [0.1, 0.15) is 36.7 Å². The van der Waals surface area contributed by atoms with Crippen molar-refractivity contribution < 1.29 is 19.0 Å². The van der Waals surface area contributed by atoms with Crippen LogP contribution in [0.3, 0.4) is 0 Å². The molecule has 0 fully saturated rings. The lowest BCUT2D eigenvalue weighted by atomic mass is 10.1. The molecule has 25 heavy (non-hydrogen) atoms. The Morgan fingerprint density at radius 1 is 1.12 bits per heavy atom. The van der Waals surface area contributed by atoms with Crippen LogP contribution in [0.15, 0.2) is 42.5 Å². The number of ether oxygens (including phenoxy) is 3. The smallest absolute Gasteiger partial charge is 0.255 e. The van der Waals surface area contributed by atoms with Gasteiger partial charge in [-0.15, -0.1) is 0 Å². The van der Waals surface area contributed by atoms with Gasteiger partial charge in [0.15, 0.2) is 11.5 Å². The van der Waals surface area contributed by atoms with E-state index in [0.29, 0.717) is 30.3 Å². The summed E-state index contributed by atoms with van der Waals surface area (Å²) >= 11 is 0. The Hall–Kier alpha value is -2.53. The fourth-order valence-electron chi connectivity index (χ4n) is 2.33. The van der Waals surface area contributed by atoms with Crippen LogP contribution in [-0.4, -0.2) is 25.7 Å². The standard InChI is InChI=1S/C20H25NO4/c1-5-24-13-16-8-6-7-9-17(16)21-20(22)15-10-11-18(25-14(2)3)19(12-15)23-4/h6-12,14H,5,13H2,1-4H3,(H,21,22). The number of hydrogen-bond donors (Lipinski definition) is 1. The minimum atomic E-state index is -0.210. The first-order valence-corrected chi connectivity index (χ1v) is 8.36. The molecule has 0 aliphatic heterocycles. The van der Waals surface area contributed by atoms with E-state index in [2.05, 4.69) is 5.32 Å². The number of carbonyl (C=O) groups is 1. The maximum Gasteiger partial charge on any atom is 0.255 e. The Kier molecular flexibility index (Phi) is 6.83. The van der Waals surface area contributed by atoms with Gasteiger partial charge >= 0.3 is 0 Å². The number of rotatable bonds is 8. The van der Waals surface area contributed by atoms with E-state index in [4.69, 9.17) is 14.2 Å². The second-order valence-corrected chi connectivity index (χ2v) is 5.78. The second kappa shape index (κ2) is 9.08. The van der Waals surface area contributed by atoms with Gasteiger partial charge in [0.1, 0.15) is 0 Å². The van der Waals surface area contributed by atoms with Crippen molar-refractivity contribution >= 4 is 11.6 Å². The quantitative estimate of drug-likeness (QED) is 0.777. The van der Waals surface area contributed by atoms with Crippen LogP contribution in [-0.2, 0) is 11.3 Å². The van der Waals surface area contributed by atoms with E-state index in [1.807, 2.05) is 45.0 Å². The number of benzene rings is 2. The molecule has 0 radical (unpaired) electrons. The number of carbonyl (C=O) groups excluding carboxylic acids is 1. The lowest BCUT2D eigenvalue weighted by Crippen LogP contribution is -2.14. The highest BCUT2D eigenvalue weighted by Gasteiger charge is 2.13. The maximum atomic E-state index is 12.6. The molecular weight excluding hydrogens is 318 g/mol. The van der Waals surface area contributed by atoms with Crippen molar-refractivity contribution in [3.63, 3.8) is 0 Å². The Morgan fingerprint density at radius 3 is 2.56 bits per heavy atom. The van der Waals surface area contributed by atoms with Crippen molar-refractivity contribution in [2.45, 2.75) is 33.5 Å². The van der Waals surface area contributed by atoms with Crippen LogP contribution in [0.25, 0.3) is 0 Å². The lowest BCUT2D eigenvalue weighted by Gasteiger charge is -2.15.